The summed E-state index contributed by atoms with van der Waals surface area (Å²) in [7, 11) is 0. The van der Waals surface area contributed by atoms with Crippen molar-refractivity contribution in [2.75, 3.05) is 19.9 Å². The third-order valence-corrected chi connectivity index (χ3v) is 4.05. The van der Waals surface area contributed by atoms with E-state index in [0.29, 0.717) is 18.4 Å². The number of benzene rings is 1. The molecule has 0 aromatic heterocycles. The molecule has 0 radical (unpaired) electrons. The van der Waals surface area contributed by atoms with E-state index in [1.54, 1.807) is 0 Å². The molecule has 1 fully saturated rings. The van der Waals surface area contributed by atoms with Gasteiger partial charge in [-0.1, -0.05) is 11.6 Å². The molecule has 0 spiro atoms. The van der Waals surface area contributed by atoms with E-state index in [1.807, 2.05) is 12.1 Å². The van der Waals surface area contributed by atoms with Crippen molar-refractivity contribution in [3.63, 3.8) is 0 Å². The molecule has 2 aliphatic rings. The highest BCUT2D eigenvalue weighted by molar-refractivity contribution is 6.30. The first-order valence-electron chi connectivity index (χ1n) is 6.64. The van der Waals surface area contributed by atoms with E-state index >= 15 is 0 Å². The van der Waals surface area contributed by atoms with Gasteiger partial charge in [0.1, 0.15) is 5.75 Å². The van der Waals surface area contributed by atoms with Crippen LogP contribution in [-0.2, 0) is 17.9 Å². The van der Waals surface area contributed by atoms with Gasteiger partial charge in [0.15, 0.2) is 6.79 Å². The Hall–Kier alpha value is -0.810. The molecule has 104 valence electrons. The van der Waals surface area contributed by atoms with Crippen LogP contribution in [-0.4, -0.2) is 36.0 Å². The van der Waals surface area contributed by atoms with Gasteiger partial charge < -0.3 is 14.6 Å². The van der Waals surface area contributed by atoms with Crippen LogP contribution in [0.5, 0.6) is 5.75 Å². The van der Waals surface area contributed by atoms with E-state index in [1.165, 1.54) is 0 Å². The Kier molecular flexibility index (Phi) is 3.93. The minimum absolute atomic E-state index is 0.215. The lowest BCUT2D eigenvalue weighted by Crippen LogP contribution is -2.32. The van der Waals surface area contributed by atoms with Crippen LogP contribution in [0.2, 0.25) is 5.02 Å². The Morgan fingerprint density at radius 1 is 1.42 bits per heavy atom. The lowest BCUT2D eigenvalue weighted by atomic mass is 10.1. The highest BCUT2D eigenvalue weighted by Gasteiger charge is 2.26. The first kappa shape index (κ1) is 13.2. The highest BCUT2D eigenvalue weighted by atomic mass is 35.5. The largest absolute Gasteiger partial charge is 0.467 e. The van der Waals surface area contributed by atoms with Gasteiger partial charge in [-0.2, -0.15) is 0 Å². The minimum Gasteiger partial charge on any atom is -0.467 e. The molecule has 1 atom stereocenters. The van der Waals surface area contributed by atoms with Crippen LogP contribution in [0.15, 0.2) is 12.1 Å². The molecule has 1 aromatic carbocycles. The second-order valence-electron chi connectivity index (χ2n) is 5.11. The van der Waals surface area contributed by atoms with Crippen LogP contribution in [0.25, 0.3) is 0 Å². The van der Waals surface area contributed by atoms with E-state index in [-0.39, 0.29) is 12.6 Å². The summed E-state index contributed by atoms with van der Waals surface area (Å²) in [6.45, 7) is 2.85. The fourth-order valence-corrected chi connectivity index (χ4v) is 3.17. The lowest BCUT2D eigenvalue weighted by molar-refractivity contribution is -0.0175. The molecule has 1 aromatic rings. The average molecular weight is 284 g/mol. The molecule has 2 heterocycles. The molecule has 0 saturated carbocycles. The fraction of sp³-hybridized carbons (Fsp3) is 0.571. The zero-order valence-electron chi connectivity index (χ0n) is 10.8. The number of halogens is 1. The van der Waals surface area contributed by atoms with E-state index < -0.39 is 0 Å². The summed E-state index contributed by atoms with van der Waals surface area (Å²) < 4.78 is 10.9. The van der Waals surface area contributed by atoms with Gasteiger partial charge in [0.05, 0.1) is 13.2 Å². The summed E-state index contributed by atoms with van der Waals surface area (Å²) in [5.41, 5.74) is 2.10. The number of ether oxygens (including phenoxy) is 2. The zero-order chi connectivity index (χ0) is 13.2. The Balaban J connectivity index is 1.85. The van der Waals surface area contributed by atoms with Crippen molar-refractivity contribution in [3.05, 3.63) is 28.3 Å². The average Bonchev–Trinajstić information content (AvgIpc) is 2.86. The van der Waals surface area contributed by atoms with E-state index in [4.69, 9.17) is 21.1 Å². The lowest BCUT2D eigenvalue weighted by Gasteiger charge is -2.26. The predicted octanol–water partition coefficient (Wildman–Crippen LogP) is 2.16. The monoisotopic (exact) mass is 283 g/mol. The van der Waals surface area contributed by atoms with Crippen molar-refractivity contribution in [1.29, 1.82) is 0 Å². The molecule has 4 nitrogen and oxygen atoms in total. The molecule has 0 aliphatic carbocycles. The molecule has 5 heteroatoms. The van der Waals surface area contributed by atoms with Crippen LogP contribution >= 0.6 is 11.6 Å². The van der Waals surface area contributed by atoms with Crippen LogP contribution in [0.1, 0.15) is 24.0 Å². The number of hydrogen-bond acceptors (Lipinski definition) is 4. The summed E-state index contributed by atoms with van der Waals surface area (Å²) in [6, 6.07) is 4.11. The molecule has 1 unspecified atom stereocenters. The second-order valence-corrected chi connectivity index (χ2v) is 5.55. The third kappa shape index (κ3) is 2.72. The number of nitrogens with zero attached hydrogens (tertiary/aromatic N) is 1. The predicted molar refractivity (Wildman–Crippen MR) is 72.3 cm³/mol. The first-order chi connectivity index (χ1) is 9.28. The molecule has 2 aliphatic heterocycles. The molecular formula is C14H18ClNO3. The van der Waals surface area contributed by atoms with Gasteiger partial charge in [0.2, 0.25) is 0 Å². The van der Waals surface area contributed by atoms with Crippen molar-refractivity contribution < 1.29 is 14.6 Å². The molecule has 1 saturated heterocycles. The van der Waals surface area contributed by atoms with Crippen LogP contribution in [0.3, 0.4) is 0 Å². The Labute approximate surface area is 117 Å². The maximum absolute atomic E-state index is 9.39. The molecule has 3 rings (SSSR count). The minimum atomic E-state index is 0.215. The van der Waals surface area contributed by atoms with Crippen molar-refractivity contribution in [1.82, 2.24) is 4.90 Å². The van der Waals surface area contributed by atoms with Gasteiger partial charge in [-0.25, -0.2) is 0 Å². The number of fused-ring (bicyclic) bond motifs is 1. The number of likely N-dealkylation sites (tertiary alicyclic amines) is 1. The smallest absolute Gasteiger partial charge is 0.189 e. The summed E-state index contributed by atoms with van der Waals surface area (Å²) in [5.74, 6) is 0.902. The Morgan fingerprint density at radius 2 is 2.32 bits per heavy atom. The normalized spacial score (nSPS) is 23.2. The van der Waals surface area contributed by atoms with Crippen molar-refractivity contribution >= 4 is 11.6 Å². The topological polar surface area (TPSA) is 41.9 Å². The standard InChI is InChI=1S/C14H18ClNO3/c15-12-4-10(6-16-3-1-2-13(16)7-17)14-11(5-12)8-18-9-19-14/h4-5,13,17H,1-3,6-9H2. The van der Waals surface area contributed by atoms with Gasteiger partial charge in [-0.05, 0) is 31.5 Å². The summed E-state index contributed by atoms with van der Waals surface area (Å²) in [5, 5.41) is 10.1. The van der Waals surface area contributed by atoms with E-state index in [9.17, 15) is 5.11 Å². The van der Waals surface area contributed by atoms with E-state index in [0.717, 1.165) is 42.8 Å². The van der Waals surface area contributed by atoms with E-state index in [2.05, 4.69) is 4.90 Å². The maximum atomic E-state index is 9.39. The summed E-state index contributed by atoms with van der Waals surface area (Å²) in [4.78, 5) is 2.30. The summed E-state index contributed by atoms with van der Waals surface area (Å²) in [6.07, 6.45) is 2.20. The number of rotatable bonds is 3. The van der Waals surface area contributed by atoms with Gasteiger partial charge in [0.25, 0.3) is 0 Å². The Morgan fingerprint density at radius 3 is 3.16 bits per heavy atom. The van der Waals surface area contributed by atoms with Crippen molar-refractivity contribution in [2.45, 2.75) is 32.0 Å². The zero-order valence-corrected chi connectivity index (χ0v) is 11.5. The fourth-order valence-electron chi connectivity index (χ4n) is 2.90. The quantitative estimate of drug-likeness (QED) is 0.923. The van der Waals surface area contributed by atoms with Crippen molar-refractivity contribution in [3.8, 4) is 5.75 Å². The molecule has 1 N–H and O–H groups in total. The van der Waals surface area contributed by atoms with Crippen LogP contribution in [0, 0.1) is 0 Å². The number of aliphatic hydroxyl groups excluding tert-OH is 1. The first-order valence-corrected chi connectivity index (χ1v) is 7.02. The van der Waals surface area contributed by atoms with Crippen LogP contribution < -0.4 is 4.74 Å². The third-order valence-electron chi connectivity index (χ3n) is 3.83. The van der Waals surface area contributed by atoms with Gasteiger partial charge >= 0.3 is 0 Å². The summed E-state index contributed by atoms with van der Waals surface area (Å²) >= 11 is 6.16. The SMILES string of the molecule is OCC1CCCN1Cc1cc(Cl)cc2c1OCOC2. The maximum Gasteiger partial charge on any atom is 0.189 e. The van der Waals surface area contributed by atoms with Gasteiger partial charge in [0, 0.05) is 28.7 Å². The second kappa shape index (κ2) is 5.67. The van der Waals surface area contributed by atoms with Crippen LogP contribution in [0.4, 0.5) is 0 Å². The van der Waals surface area contributed by atoms with Gasteiger partial charge in [-0.3, -0.25) is 4.90 Å². The van der Waals surface area contributed by atoms with Crippen molar-refractivity contribution in [2.24, 2.45) is 0 Å². The van der Waals surface area contributed by atoms with Gasteiger partial charge in [-0.15, -0.1) is 0 Å². The highest BCUT2D eigenvalue weighted by Crippen LogP contribution is 2.33. The molecule has 0 amide bonds. The number of aliphatic hydroxyl groups is 1. The molecule has 19 heavy (non-hydrogen) atoms. The Bertz CT molecular complexity index is 466. The molecule has 0 bridgehead atoms. The number of hydrogen-bond donors (Lipinski definition) is 1. The molecular weight excluding hydrogens is 266 g/mol.